The molecular weight excluding hydrogens is 282 g/mol. The number of carboxylic acid groups (broad SMARTS) is 1. The highest BCUT2D eigenvalue weighted by atomic mass is 32.2. The molecule has 110 valence electrons. The van der Waals surface area contributed by atoms with Gasteiger partial charge < -0.3 is 10.4 Å². The van der Waals surface area contributed by atoms with E-state index < -0.39 is 22.7 Å². The van der Waals surface area contributed by atoms with Crippen LogP contribution < -0.4 is 5.32 Å². The lowest BCUT2D eigenvalue weighted by molar-refractivity contribution is 0.0689. The number of carbonyl (C=O) groups excluding carboxylic acids is 1. The van der Waals surface area contributed by atoms with Gasteiger partial charge in [-0.15, -0.1) is 0 Å². The zero-order chi connectivity index (χ0) is 15.3. The predicted molar refractivity (Wildman–Crippen MR) is 74.1 cm³/mol. The fourth-order valence-electron chi connectivity index (χ4n) is 1.21. The third-order valence-corrected chi connectivity index (χ3v) is 4.30. The van der Waals surface area contributed by atoms with Crippen molar-refractivity contribution < 1.29 is 18.9 Å². The van der Waals surface area contributed by atoms with E-state index in [4.69, 9.17) is 5.11 Å². The Kier molecular flexibility index (Phi) is 5.32. The van der Waals surface area contributed by atoms with Gasteiger partial charge >= 0.3 is 5.97 Å². The van der Waals surface area contributed by atoms with Crippen LogP contribution in [0, 0.1) is 0 Å². The minimum Gasteiger partial charge on any atom is -0.476 e. The third kappa shape index (κ3) is 4.69. The topological polar surface area (TPSA) is 109 Å². The molecule has 20 heavy (non-hydrogen) atoms. The van der Waals surface area contributed by atoms with Crippen LogP contribution in [-0.2, 0) is 10.8 Å². The zero-order valence-electron chi connectivity index (χ0n) is 11.5. The van der Waals surface area contributed by atoms with E-state index in [9.17, 15) is 13.8 Å². The van der Waals surface area contributed by atoms with Crippen LogP contribution in [0.3, 0.4) is 0 Å². The van der Waals surface area contributed by atoms with E-state index in [1.54, 1.807) is 0 Å². The molecule has 1 rings (SSSR count). The number of carboxylic acids is 1. The molecule has 8 heteroatoms. The van der Waals surface area contributed by atoms with Crippen molar-refractivity contribution in [3.05, 3.63) is 23.8 Å². The van der Waals surface area contributed by atoms with E-state index >= 15 is 0 Å². The number of nitrogens with one attached hydrogen (secondary N) is 1. The molecule has 1 amide bonds. The molecule has 1 aromatic heterocycles. The first kappa shape index (κ1) is 16.2. The fourth-order valence-corrected chi connectivity index (χ4v) is 2.11. The number of rotatable bonds is 5. The van der Waals surface area contributed by atoms with Gasteiger partial charge in [0.1, 0.15) is 5.69 Å². The first-order valence-corrected chi connectivity index (χ1v) is 7.25. The average molecular weight is 299 g/mol. The van der Waals surface area contributed by atoms with Gasteiger partial charge in [-0.3, -0.25) is 9.00 Å². The van der Waals surface area contributed by atoms with Crippen molar-refractivity contribution >= 4 is 22.7 Å². The third-order valence-electron chi connectivity index (χ3n) is 2.36. The Morgan fingerprint density at radius 1 is 1.25 bits per heavy atom. The monoisotopic (exact) mass is 299 g/mol. The summed E-state index contributed by atoms with van der Waals surface area (Å²) in [4.78, 5) is 29.6. The first-order chi connectivity index (χ1) is 9.21. The van der Waals surface area contributed by atoms with Crippen molar-refractivity contribution in [1.29, 1.82) is 0 Å². The summed E-state index contributed by atoms with van der Waals surface area (Å²) in [7, 11) is -1.05. The quantitative estimate of drug-likeness (QED) is 0.817. The van der Waals surface area contributed by atoms with Crippen LogP contribution in [0.15, 0.2) is 12.4 Å². The van der Waals surface area contributed by atoms with Crippen LogP contribution in [0.25, 0.3) is 0 Å². The van der Waals surface area contributed by atoms with Crippen LogP contribution in [0.4, 0.5) is 0 Å². The van der Waals surface area contributed by atoms with Gasteiger partial charge in [-0.05, 0) is 20.8 Å². The van der Waals surface area contributed by atoms with Crippen LogP contribution in [0.2, 0.25) is 0 Å². The molecule has 7 nitrogen and oxygen atoms in total. The lowest BCUT2D eigenvalue weighted by Crippen LogP contribution is -2.33. The van der Waals surface area contributed by atoms with Gasteiger partial charge in [0.15, 0.2) is 5.69 Å². The Bertz CT molecular complexity index is 522. The molecule has 0 aliphatic rings. The van der Waals surface area contributed by atoms with E-state index in [0.717, 1.165) is 12.4 Å². The van der Waals surface area contributed by atoms with Gasteiger partial charge in [0.25, 0.3) is 5.91 Å². The molecule has 0 saturated heterocycles. The van der Waals surface area contributed by atoms with E-state index in [-0.39, 0.29) is 22.7 Å². The number of hydrogen-bond acceptors (Lipinski definition) is 5. The zero-order valence-corrected chi connectivity index (χ0v) is 12.4. The Balaban J connectivity index is 2.51. The van der Waals surface area contributed by atoms with Crippen LogP contribution in [-0.4, -0.2) is 48.2 Å². The van der Waals surface area contributed by atoms with Crippen LogP contribution >= 0.6 is 0 Å². The minimum absolute atomic E-state index is 0.0246. The highest BCUT2D eigenvalue weighted by Crippen LogP contribution is 2.10. The molecule has 0 aromatic carbocycles. The summed E-state index contributed by atoms with van der Waals surface area (Å²) >= 11 is 0. The lowest BCUT2D eigenvalue weighted by atomic mass is 10.3. The molecule has 2 N–H and O–H groups in total. The van der Waals surface area contributed by atoms with Crippen LogP contribution in [0.1, 0.15) is 41.7 Å². The molecule has 0 aliphatic carbocycles. The maximum Gasteiger partial charge on any atom is 0.356 e. The Hall–Kier alpha value is -1.83. The number of aromatic carboxylic acids is 1. The number of nitrogens with zero attached hydrogens (tertiary/aromatic N) is 2. The van der Waals surface area contributed by atoms with E-state index in [1.807, 2.05) is 20.8 Å². The molecular formula is C12H17N3O4S. The lowest BCUT2D eigenvalue weighted by Gasteiger charge is -2.17. The molecule has 1 heterocycles. The Labute approximate surface area is 119 Å². The van der Waals surface area contributed by atoms with E-state index in [0.29, 0.717) is 5.75 Å². The highest BCUT2D eigenvalue weighted by molar-refractivity contribution is 7.86. The van der Waals surface area contributed by atoms with Crippen molar-refractivity contribution in [3.63, 3.8) is 0 Å². The summed E-state index contributed by atoms with van der Waals surface area (Å²) in [5.74, 6) is -1.33. The number of carbonyl (C=O) groups is 2. The molecule has 0 spiro atoms. The van der Waals surface area contributed by atoms with E-state index in [2.05, 4.69) is 15.3 Å². The second-order valence-electron chi connectivity index (χ2n) is 5.01. The Morgan fingerprint density at radius 2 is 1.80 bits per heavy atom. The molecule has 0 aliphatic heterocycles. The molecule has 0 fully saturated rings. The van der Waals surface area contributed by atoms with E-state index in [1.165, 1.54) is 0 Å². The normalized spacial score (nSPS) is 12.8. The van der Waals surface area contributed by atoms with Crippen molar-refractivity contribution in [2.24, 2.45) is 0 Å². The van der Waals surface area contributed by atoms with Gasteiger partial charge in [0.2, 0.25) is 0 Å². The van der Waals surface area contributed by atoms with Crippen molar-refractivity contribution in [2.75, 3.05) is 12.3 Å². The molecule has 1 unspecified atom stereocenters. The summed E-state index contributed by atoms with van der Waals surface area (Å²) in [5, 5.41) is 11.2. The fraction of sp³-hybridized carbons (Fsp3) is 0.500. The second-order valence-corrected chi connectivity index (χ2v) is 7.33. The second kappa shape index (κ2) is 6.56. The number of hydrogen-bond donors (Lipinski definition) is 2. The molecule has 0 saturated carbocycles. The number of aromatic nitrogens is 2. The number of amides is 1. The van der Waals surface area contributed by atoms with Crippen molar-refractivity contribution in [2.45, 2.75) is 25.5 Å². The maximum atomic E-state index is 11.8. The first-order valence-electron chi connectivity index (χ1n) is 5.94. The van der Waals surface area contributed by atoms with Gasteiger partial charge in [0, 0.05) is 27.8 Å². The predicted octanol–water partition coefficient (Wildman–Crippen LogP) is 0.452. The van der Waals surface area contributed by atoms with Gasteiger partial charge in [0.05, 0.1) is 12.4 Å². The Morgan fingerprint density at radius 3 is 2.25 bits per heavy atom. The maximum absolute atomic E-state index is 11.8. The smallest absolute Gasteiger partial charge is 0.356 e. The SMILES string of the molecule is CC(C)(C)S(=O)CCNC(=O)c1cnc(C(=O)O)cn1. The summed E-state index contributed by atoms with van der Waals surface area (Å²) in [6, 6.07) is 0. The summed E-state index contributed by atoms with van der Waals surface area (Å²) in [6.45, 7) is 5.84. The molecule has 1 aromatic rings. The summed E-state index contributed by atoms with van der Waals surface area (Å²) < 4.78 is 11.4. The minimum atomic E-state index is -1.20. The molecule has 0 bridgehead atoms. The van der Waals surface area contributed by atoms with Crippen molar-refractivity contribution in [3.8, 4) is 0 Å². The van der Waals surface area contributed by atoms with Gasteiger partial charge in [-0.25, -0.2) is 14.8 Å². The van der Waals surface area contributed by atoms with Crippen LogP contribution in [0.5, 0.6) is 0 Å². The largest absolute Gasteiger partial charge is 0.476 e. The summed E-state index contributed by atoms with van der Waals surface area (Å²) in [5.41, 5.74) is -0.202. The van der Waals surface area contributed by atoms with Gasteiger partial charge in [-0.2, -0.15) is 0 Å². The summed E-state index contributed by atoms with van der Waals surface area (Å²) in [6.07, 6.45) is 2.12. The van der Waals surface area contributed by atoms with Crippen molar-refractivity contribution in [1.82, 2.24) is 15.3 Å². The highest BCUT2D eigenvalue weighted by Gasteiger charge is 2.19. The standard InChI is InChI=1S/C12H17N3O4S/c1-12(2,3)20(19)5-4-13-10(16)8-6-15-9(7-14-8)11(17)18/h6-7H,4-5H2,1-3H3,(H,13,16)(H,17,18). The van der Waals surface area contributed by atoms with Gasteiger partial charge in [-0.1, -0.05) is 0 Å². The molecule has 1 atom stereocenters. The molecule has 0 radical (unpaired) electrons. The average Bonchev–Trinajstić information content (AvgIpc) is 2.37.